The molecule has 0 bridgehead atoms. The number of carbonyl (C=O) groups is 1. The second-order valence-corrected chi connectivity index (χ2v) is 7.73. The van der Waals surface area contributed by atoms with Crippen LogP contribution >= 0.6 is 22.7 Å². The van der Waals surface area contributed by atoms with Crippen LogP contribution in [-0.2, 0) is 11.2 Å². The van der Waals surface area contributed by atoms with Crippen molar-refractivity contribution in [3.05, 3.63) is 45.2 Å². The number of rotatable bonds is 6. The van der Waals surface area contributed by atoms with Crippen LogP contribution in [0.3, 0.4) is 0 Å². The molecule has 3 aromatic rings. The van der Waals surface area contributed by atoms with Gasteiger partial charge in [-0.1, -0.05) is 0 Å². The number of aryl methyl sites for hydroxylation is 2. The van der Waals surface area contributed by atoms with Crippen LogP contribution in [0.2, 0.25) is 0 Å². The number of ether oxygens (including phenoxy) is 1. The minimum atomic E-state index is -0.0997. The van der Waals surface area contributed by atoms with Crippen molar-refractivity contribution in [3.63, 3.8) is 0 Å². The summed E-state index contributed by atoms with van der Waals surface area (Å²) in [5.41, 5.74) is 2.68. The Morgan fingerprint density at radius 3 is 2.60 bits per heavy atom. The van der Waals surface area contributed by atoms with Crippen LogP contribution < -0.4 is 10.1 Å². The van der Waals surface area contributed by atoms with Gasteiger partial charge in [-0.15, -0.1) is 22.7 Å². The molecule has 0 fully saturated rings. The molecule has 0 aliphatic heterocycles. The summed E-state index contributed by atoms with van der Waals surface area (Å²) in [7, 11) is 0. The molecule has 0 saturated heterocycles. The molecule has 3 rings (SSSR count). The highest BCUT2D eigenvalue weighted by Crippen LogP contribution is 2.31. The number of hydrogen-bond acceptors (Lipinski definition) is 6. The molecule has 1 amide bonds. The second-order valence-electron chi connectivity index (χ2n) is 5.46. The Labute approximate surface area is 154 Å². The number of amides is 1. The van der Waals surface area contributed by atoms with Crippen LogP contribution in [0, 0.1) is 13.8 Å². The molecule has 0 aliphatic rings. The van der Waals surface area contributed by atoms with Crippen LogP contribution in [0.25, 0.3) is 11.3 Å². The molecule has 130 valence electrons. The van der Waals surface area contributed by atoms with Gasteiger partial charge in [0, 0.05) is 15.8 Å². The summed E-state index contributed by atoms with van der Waals surface area (Å²) in [6.45, 7) is 6.53. The number of hydrogen-bond donors (Lipinski definition) is 1. The summed E-state index contributed by atoms with van der Waals surface area (Å²) in [6.07, 6.45) is 0.265. The van der Waals surface area contributed by atoms with E-state index in [-0.39, 0.29) is 12.3 Å². The van der Waals surface area contributed by atoms with E-state index in [0.717, 1.165) is 32.6 Å². The van der Waals surface area contributed by atoms with Gasteiger partial charge in [-0.25, -0.2) is 9.97 Å². The number of nitrogens with one attached hydrogen (secondary N) is 1. The lowest BCUT2D eigenvalue weighted by molar-refractivity contribution is -0.115. The molecule has 2 aromatic heterocycles. The first kappa shape index (κ1) is 17.6. The third kappa shape index (κ3) is 4.43. The Morgan fingerprint density at radius 1 is 1.20 bits per heavy atom. The van der Waals surface area contributed by atoms with Gasteiger partial charge in [0.1, 0.15) is 5.75 Å². The van der Waals surface area contributed by atoms with Crippen LogP contribution in [0.1, 0.15) is 22.5 Å². The van der Waals surface area contributed by atoms with Crippen molar-refractivity contribution < 1.29 is 9.53 Å². The van der Waals surface area contributed by atoms with E-state index in [0.29, 0.717) is 11.7 Å². The zero-order valence-electron chi connectivity index (χ0n) is 14.3. The number of benzene rings is 1. The molecule has 0 saturated carbocycles. The zero-order valence-corrected chi connectivity index (χ0v) is 16.0. The molecule has 1 aromatic carbocycles. The highest BCUT2D eigenvalue weighted by Gasteiger charge is 2.13. The van der Waals surface area contributed by atoms with Gasteiger partial charge in [-0.3, -0.25) is 4.79 Å². The molecule has 2 heterocycles. The summed E-state index contributed by atoms with van der Waals surface area (Å²) < 4.78 is 5.46. The van der Waals surface area contributed by atoms with Crippen LogP contribution in [0.5, 0.6) is 5.75 Å². The molecule has 5 nitrogen and oxygen atoms in total. The fourth-order valence-corrected chi connectivity index (χ4v) is 3.88. The van der Waals surface area contributed by atoms with E-state index in [4.69, 9.17) is 4.74 Å². The van der Waals surface area contributed by atoms with Crippen molar-refractivity contribution in [2.75, 3.05) is 11.9 Å². The SMILES string of the molecule is CCOc1ccc(-c2nc(NC(=O)Cc3csc(C)n3)sc2C)cc1. The summed E-state index contributed by atoms with van der Waals surface area (Å²) >= 11 is 3.02. The average Bonchev–Trinajstić information content (AvgIpc) is 3.14. The van der Waals surface area contributed by atoms with E-state index in [1.165, 1.54) is 11.3 Å². The first-order chi connectivity index (χ1) is 12.0. The summed E-state index contributed by atoms with van der Waals surface area (Å²) in [5, 5.41) is 6.35. The van der Waals surface area contributed by atoms with Crippen molar-refractivity contribution >= 4 is 33.7 Å². The molecule has 0 aliphatic carbocycles. The fourth-order valence-electron chi connectivity index (χ4n) is 2.41. The summed E-state index contributed by atoms with van der Waals surface area (Å²) in [4.78, 5) is 22.1. The van der Waals surface area contributed by atoms with Gasteiger partial charge >= 0.3 is 0 Å². The van der Waals surface area contributed by atoms with Crippen LogP contribution in [0.15, 0.2) is 29.6 Å². The highest BCUT2D eigenvalue weighted by atomic mass is 32.1. The Hall–Kier alpha value is -2.25. The van der Waals surface area contributed by atoms with Crippen molar-refractivity contribution in [3.8, 4) is 17.0 Å². The lowest BCUT2D eigenvalue weighted by Gasteiger charge is -2.04. The maximum atomic E-state index is 12.2. The second kappa shape index (κ2) is 7.76. The molecule has 7 heteroatoms. The normalized spacial score (nSPS) is 10.7. The lowest BCUT2D eigenvalue weighted by Crippen LogP contribution is -2.14. The molecular weight excluding hydrogens is 354 g/mol. The van der Waals surface area contributed by atoms with Gasteiger partial charge in [0.15, 0.2) is 5.13 Å². The average molecular weight is 374 g/mol. The van der Waals surface area contributed by atoms with E-state index in [1.54, 1.807) is 11.3 Å². The smallest absolute Gasteiger partial charge is 0.232 e. The Kier molecular flexibility index (Phi) is 5.45. The minimum absolute atomic E-state index is 0.0997. The van der Waals surface area contributed by atoms with E-state index < -0.39 is 0 Å². The topological polar surface area (TPSA) is 64.1 Å². The Morgan fingerprint density at radius 2 is 1.96 bits per heavy atom. The van der Waals surface area contributed by atoms with E-state index >= 15 is 0 Å². The monoisotopic (exact) mass is 373 g/mol. The molecular formula is C18H19N3O2S2. The van der Waals surface area contributed by atoms with Crippen LogP contribution in [-0.4, -0.2) is 22.5 Å². The molecule has 0 atom stereocenters. The van der Waals surface area contributed by atoms with Crippen molar-refractivity contribution in [1.29, 1.82) is 0 Å². The van der Waals surface area contributed by atoms with Gasteiger partial charge < -0.3 is 10.1 Å². The number of carbonyl (C=O) groups excluding carboxylic acids is 1. The van der Waals surface area contributed by atoms with Gasteiger partial charge in [0.2, 0.25) is 5.91 Å². The number of thiazole rings is 2. The Balaban J connectivity index is 1.70. The first-order valence-corrected chi connectivity index (χ1v) is 9.66. The quantitative estimate of drug-likeness (QED) is 0.693. The first-order valence-electron chi connectivity index (χ1n) is 7.96. The highest BCUT2D eigenvalue weighted by molar-refractivity contribution is 7.16. The third-order valence-corrected chi connectivity index (χ3v) is 5.20. The maximum Gasteiger partial charge on any atom is 0.232 e. The molecule has 0 radical (unpaired) electrons. The Bertz CT molecular complexity index is 869. The van der Waals surface area contributed by atoms with E-state index in [2.05, 4.69) is 15.3 Å². The largest absolute Gasteiger partial charge is 0.494 e. The van der Waals surface area contributed by atoms with Crippen LogP contribution in [0.4, 0.5) is 5.13 Å². The molecule has 0 spiro atoms. The van der Waals surface area contributed by atoms with Crippen molar-refractivity contribution in [2.45, 2.75) is 27.2 Å². The third-order valence-electron chi connectivity index (χ3n) is 3.49. The van der Waals surface area contributed by atoms with Gasteiger partial charge in [0.05, 0.1) is 29.4 Å². The van der Waals surface area contributed by atoms with E-state index in [1.807, 2.05) is 50.4 Å². The number of anilines is 1. The standard InChI is InChI=1S/C18H19N3O2S2/c1-4-23-15-7-5-13(6-8-15)17-11(2)25-18(21-17)20-16(22)9-14-10-24-12(3)19-14/h5-8,10H,4,9H2,1-3H3,(H,20,21,22). The van der Waals surface area contributed by atoms with Crippen molar-refractivity contribution in [2.24, 2.45) is 0 Å². The predicted octanol–water partition coefficient (Wildman–Crippen LogP) is 4.46. The summed E-state index contributed by atoms with van der Waals surface area (Å²) in [6, 6.07) is 7.83. The van der Waals surface area contributed by atoms with Crippen molar-refractivity contribution in [1.82, 2.24) is 9.97 Å². The predicted molar refractivity (Wildman–Crippen MR) is 103 cm³/mol. The molecule has 1 N–H and O–H groups in total. The summed E-state index contributed by atoms with van der Waals surface area (Å²) in [5.74, 6) is 0.739. The molecule has 0 unspecified atom stereocenters. The van der Waals surface area contributed by atoms with E-state index in [9.17, 15) is 4.79 Å². The van der Waals surface area contributed by atoms with Gasteiger partial charge in [0.25, 0.3) is 0 Å². The number of nitrogens with zero attached hydrogens (tertiary/aromatic N) is 2. The molecule has 25 heavy (non-hydrogen) atoms. The zero-order chi connectivity index (χ0) is 17.8. The number of aromatic nitrogens is 2. The maximum absolute atomic E-state index is 12.2. The lowest BCUT2D eigenvalue weighted by atomic mass is 10.1. The fraction of sp³-hybridized carbons (Fsp3) is 0.278. The van der Waals surface area contributed by atoms with Gasteiger partial charge in [-0.2, -0.15) is 0 Å². The van der Waals surface area contributed by atoms with Gasteiger partial charge in [-0.05, 0) is 45.0 Å². The minimum Gasteiger partial charge on any atom is -0.494 e.